The molecule has 5 aromatic carbocycles. The van der Waals surface area contributed by atoms with Crippen LogP contribution in [-0.2, 0) is 6.61 Å². The van der Waals surface area contributed by atoms with Gasteiger partial charge in [-0.05, 0) is 70.4 Å². The molecule has 0 aliphatic carbocycles. The summed E-state index contributed by atoms with van der Waals surface area (Å²) in [5.41, 5.74) is 4.29. The molecule has 5 nitrogen and oxygen atoms in total. The van der Waals surface area contributed by atoms with Crippen molar-refractivity contribution in [3.05, 3.63) is 140 Å². The van der Waals surface area contributed by atoms with Crippen LogP contribution < -0.4 is 4.74 Å². The van der Waals surface area contributed by atoms with Crippen LogP contribution in [-0.4, -0.2) is 16.2 Å². The molecule has 0 amide bonds. The molecule has 0 atom stereocenters. The summed E-state index contributed by atoms with van der Waals surface area (Å²) in [6, 6.07) is 31.4. The maximum absolute atomic E-state index is 11.3. The summed E-state index contributed by atoms with van der Waals surface area (Å²) in [7, 11) is 0. The quantitative estimate of drug-likeness (QED) is 0.170. The molecule has 0 aliphatic rings. The summed E-state index contributed by atoms with van der Waals surface area (Å²) < 4.78 is 12.1. The van der Waals surface area contributed by atoms with Crippen molar-refractivity contribution >= 4 is 63.7 Å². The van der Waals surface area contributed by atoms with Gasteiger partial charge in [-0.15, -0.1) is 0 Å². The van der Waals surface area contributed by atoms with Crippen molar-refractivity contribution in [2.75, 3.05) is 0 Å². The van der Waals surface area contributed by atoms with E-state index < -0.39 is 5.97 Å². The lowest BCUT2D eigenvalue weighted by molar-refractivity contribution is 0.0697. The Kier molecular flexibility index (Phi) is 8.21. The molecule has 1 aromatic heterocycles. The van der Waals surface area contributed by atoms with Crippen LogP contribution >= 0.6 is 34.8 Å². The average Bonchev–Trinajstić information content (AvgIpc) is 3.42. The second kappa shape index (κ2) is 12.4. The molecule has 0 radical (unpaired) electrons. The SMILES string of the molecule is O=C(O)c1cccc(/C=C/c2ccc(OCc3c(-c4c(Cl)cccc4Cl)noc3-c3ccc4ccccc4c3)cc2Cl)c1. The molecule has 1 N–H and O–H groups in total. The second-order valence-electron chi connectivity index (χ2n) is 9.73. The molecule has 0 fully saturated rings. The molecule has 6 aromatic rings. The number of rotatable bonds is 8. The highest BCUT2D eigenvalue weighted by Crippen LogP contribution is 2.40. The predicted molar refractivity (Wildman–Crippen MR) is 173 cm³/mol. The Bertz CT molecular complexity index is 1990. The summed E-state index contributed by atoms with van der Waals surface area (Å²) in [5.74, 6) is 0.106. The van der Waals surface area contributed by atoms with E-state index in [2.05, 4.69) is 5.16 Å². The maximum atomic E-state index is 11.3. The van der Waals surface area contributed by atoms with E-state index in [0.29, 0.717) is 43.4 Å². The minimum Gasteiger partial charge on any atom is -0.489 e. The van der Waals surface area contributed by atoms with Crippen LogP contribution in [0.3, 0.4) is 0 Å². The monoisotopic (exact) mass is 625 g/mol. The van der Waals surface area contributed by atoms with Gasteiger partial charge in [-0.25, -0.2) is 4.79 Å². The smallest absolute Gasteiger partial charge is 0.335 e. The minimum absolute atomic E-state index is 0.107. The number of benzene rings is 5. The van der Waals surface area contributed by atoms with E-state index in [1.54, 1.807) is 48.5 Å². The molecule has 43 heavy (non-hydrogen) atoms. The molecule has 8 heteroatoms. The Hall–Kier alpha value is -4.55. The molecule has 1 heterocycles. The molecule has 0 spiro atoms. The Balaban J connectivity index is 1.31. The number of hydrogen-bond acceptors (Lipinski definition) is 4. The third kappa shape index (κ3) is 6.15. The fourth-order valence-corrected chi connectivity index (χ4v) is 5.58. The molecule has 6 rings (SSSR count). The molecule has 0 aliphatic heterocycles. The van der Waals surface area contributed by atoms with E-state index in [1.165, 1.54) is 0 Å². The van der Waals surface area contributed by atoms with E-state index in [1.807, 2.05) is 66.7 Å². The Morgan fingerprint density at radius 2 is 1.56 bits per heavy atom. The highest BCUT2D eigenvalue weighted by atomic mass is 35.5. The lowest BCUT2D eigenvalue weighted by atomic mass is 10.0. The number of aromatic nitrogens is 1. The zero-order valence-corrected chi connectivity index (χ0v) is 24.7. The van der Waals surface area contributed by atoms with Gasteiger partial charge in [0.05, 0.1) is 26.2 Å². The summed E-state index contributed by atoms with van der Waals surface area (Å²) in [6.07, 6.45) is 3.63. The highest BCUT2D eigenvalue weighted by Gasteiger charge is 2.23. The first-order chi connectivity index (χ1) is 20.9. The van der Waals surface area contributed by atoms with Gasteiger partial charge >= 0.3 is 5.97 Å². The lowest BCUT2D eigenvalue weighted by Gasteiger charge is -2.11. The van der Waals surface area contributed by atoms with Gasteiger partial charge in [0.15, 0.2) is 5.76 Å². The molecular formula is C35H22Cl3NO4. The van der Waals surface area contributed by atoms with Gasteiger partial charge in [-0.3, -0.25) is 0 Å². The number of carbonyl (C=O) groups is 1. The third-order valence-corrected chi connectivity index (χ3v) is 7.90. The number of carboxylic acids is 1. The molecule has 0 saturated carbocycles. The van der Waals surface area contributed by atoms with Crippen LogP contribution in [0.5, 0.6) is 5.75 Å². The topological polar surface area (TPSA) is 72.6 Å². The Morgan fingerprint density at radius 3 is 2.33 bits per heavy atom. The average molecular weight is 627 g/mol. The van der Waals surface area contributed by atoms with Crippen LogP contribution in [0.2, 0.25) is 15.1 Å². The van der Waals surface area contributed by atoms with Crippen molar-refractivity contribution in [1.82, 2.24) is 5.16 Å². The fraction of sp³-hybridized carbons (Fsp3) is 0.0286. The number of carboxylic acid groups (broad SMARTS) is 1. The lowest BCUT2D eigenvalue weighted by Crippen LogP contribution is -1.99. The highest BCUT2D eigenvalue weighted by molar-refractivity contribution is 6.39. The van der Waals surface area contributed by atoms with Crippen molar-refractivity contribution in [1.29, 1.82) is 0 Å². The van der Waals surface area contributed by atoms with Crippen LogP contribution in [0.1, 0.15) is 27.0 Å². The van der Waals surface area contributed by atoms with E-state index in [4.69, 9.17) is 44.1 Å². The van der Waals surface area contributed by atoms with Crippen LogP contribution in [0.4, 0.5) is 0 Å². The number of aromatic carboxylic acids is 1. The minimum atomic E-state index is -0.980. The van der Waals surface area contributed by atoms with Crippen LogP contribution in [0, 0.1) is 0 Å². The normalized spacial score (nSPS) is 11.3. The number of ether oxygens (including phenoxy) is 1. The van der Waals surface area contributed by atoms with Crippen molar-refractivity contribution in [2.24, 2.45) is 0 Å². The van der Waals surface area contributed by atoms with Crippen LogP contribution in [0.15, 0.2) is 108 Å². The zero-order valence-electron chi connectivity index (χ0n) is 22.4. The number of halogens is 3. The maximum Gasteiger partial charge on any atom is 0.335 e. The van der Waals surface area contributed by atoms with E-state index in [0.717, 1.165) is 27.5 Å². The first kappa shape index (κ1) is 28.6. The third-order valence-electron chi connectivity index (χ3n) is 6.94. The summed E-state index contributed by atoms with van der Waals surface area (Å²) in [4.78, 5) is 11.3. The number of nitrogens with zero attached hydrogens (tertiary/aromatic N) is 1. The van der Waals surface area contributed by atoms with E-state index in [-0.39, 0.29) is 12.2 Å². The van der Waals surface area contributed by atoms with E-state index >= 15 is 0 Å². The van der Waals surface area contributed by atoms with Crippen molar-refractivity contribution in [3.8, 4) is 28.3 Å². The second-order valence-corrected chi connectivity index (χ2v) is 11.0. The Labute approximate surface area is 262 Å². The predicted octanol–water partition coefficient (Wildman–Crippen LogP) is 10.6. The van der Waals surface area contributed by atoms with Crippen molar-refractivity contribution < 1.29 is 19.2 Å². The van der Waals surface area contributed by atoms with Crippen molar-refractivity contribution in [2.45, 2.75) is 6.61 Å². The largest absolute Gasteiger partial charge is 0.489 e. The molecule has 0 bridgehead atoms. The molecule has 0 saturated heterocycles. The summed E-state index contributed by atoms with van der Waals surface area (Å²) in [6.45, 7) is 0.107. The number of fused-ring (bicyclic) bond motifs is 1. The van der Waals surface area contributed by atoms with Gasteiger partial charge in [0.1, 0.15) is 18.1 Å². The van der Waals surface area contributed by atoms with Gasteiger partial charge in [-0.2, -0.15) is 0 Å². The van der Waals surface area contributed by atoms with Gasteiger partial charge < -0.3 is 14.4 Å². The van der Waals surface area contributed by atoms with Crippen molar-refractivity contribution in [3.63, 3.8) is 0 Å². The van der Waals surface area contributed by atoms with Gasteiger partial charge in [0.2, 0.25) is 0 Å². The molecule has 212 valence electrons. The fourth-order valence-electron chi connectivity index (χ4n) is 4.77. The standard InChI is InChI=1S/C35H22Cl3NO4/c36-29-9-4-10-30(37)32(29)33-28(34(43-39-33)25-14-13-22-6-1-2-7-24(22)18-25)20-42-27-16-15-23(31(38)19-27)12-11-21-5-3-8-26(17-21)35(40)41/h1-19H,20H2,(H,40,41)/b12-11+. The zero-order chi connectivity index (χ0) is 29.9. The van der Waals surface area contributed by atoms with E-state index in [9.17, 15) is 9.90 Å². The van der Waals surface area contributed by atoms with Gasteiger partial charge in [-0.1, -0.05) is 107 Å². The molecule has 0 unspecified atom stereocenters. The van der Waals surface area contributed by atoms with Crippen LogP contribution in [0.25, 0.3) is 45.5 Å². The Morgan fingerprint density at radius 1 is 0.791 bits per heavy atom. The summed E-state index contributed by atoms with van der Waals surface area (Å²) >= 11 is 19.7. The number of hydrogen-bond donors (Lipinski definition) is 1. The van der Waals surface area contributed by atoms with Gasteiger partial charge in [0, 0.05) is 11.1 Å². The molecular weight excluding hydrogens is 605 g/mol. The first-order valence-corrected chi connectivity index (χ1v) is 14.4. The first-order valence-electron chi connectivity index (χ1n) is 13.2. The van der Waals surface area contributed by atoms with Gasteiger partial charge in [0.25, 0.3) is 0 Å². The summed E-state index contributed by atoms with van der Waals surface area (Å²) in [5, 5.41) is 17.1.